The molecule has 1 aliphatic rings. The van der Waals surface area contributed by atoms with Crippen LogP contribution in [-0.4, -0.2) is 70.3 Å². The van der Waals surface area contributed by atoms with Crippen LogP contribution in [0.2, 0.25) is 0 Å². The van der Waals surface area contributed by atoms with Crippen LogP contribution in [0.25, 0.3) is 0 Å². The van der Waals surface area contributed by atoms with Gasteiger partial charge in [-0.15, -0.1) is 0 Å². The van der Waals surface area contributed by atoms with Crippen LogP contribution >= 0.6 is 0 Å². The molecule has 0 aliphatic carbocycles. The first-order chi connectivity index (χ1) is 14.8. The molecule has 0 bridgehead atoms. The molecule has 2 N–H and O–H groups in total. The lowest BCUT2D eigenvalue weighted by atomic mass is 9.95. The molecule has 1 aliphatic heterocycles. The van der Waals surface area contributed by atoms with Crippen molar-refractivity contribution in [3.05, 3.63) is 36.7 Å². The number of ether oxygens (including phenoxy) is 1. The fraction of sp³-hybridized carbons (Fsp3) is 0.565. The minimum absolute atomic E-state index is 0.199. The number of pyridine rings is 1. The number of rotatable bonds is 5. The number of carbonyl (C=O) groups excluding carboxylic acids is 2. The summed E-state index contributed by atoms with van der Waals surface area (Å²) < 4.78 is 5.49. The highest BCUT2D eigenvalue weighted by Gasteiger charge is 2.38. The molecule has 0 spiro atoms. The smallest absolute Gasteiger partial charge is 0.411 e. The molecule has 1 saturated heterocycles. The van der Waals surface area contributed by atoms with Gasteiger partial charge < -0.3 is 20.1 Å². The van der Waals surface area contributed by atoms with Crippen molar-refractivity contribution in [3.63, 3.8) is 0 Å². The molecule has 2 amide bonds. The van der Waals surface area contributed by atoms with E-state index in [9.17, 15) is 19.5 Å². The van der Waals surface area contributed by atoms with Gasteiger partial charge in [-0.05, 0) is 38.3 Å². The average Bonchev–Trinajstić information content (AvgIpc) is 2.69. The zero-order chi connectivity index (χ0) is 24.1. The molecule has 9 nitrogen and oxygen atoms in total. The number of hydrogen-bond acceptors (Lipinski definition) is 6. The number of carbonyl (C=O) groups is 3. The molecule has 2 atom stereocenters. The lowest BCUT2D eigenvalue weighted by Gasteiger charge is -2.41. The van der Waals surface area contributed by atoms with Crippen molar-refractivity contribution in [1.82, 2.24) is 15.2 Å². The first kappa shape index (κ1) is 25.2. The van der Waals surface area contributed by atoms with Crippen LogP contribution in [0.1, 0.15) is 41.5 Å². The number of carboxylic acids is 1. The van der Waals surface area contributed by atoms with E-state index in [1.807, 2.05) is 37.8 Å². The molecule has 176 valence electrons. The molecule has 9 heteroatoms. The molecule has 1 aromatic heterocycles. The van der Waals surface area contributed by atoms with E-state index in [4.69, 9.17) is 4.74 Å². The zero-order valence-corrected chi connectivity index (χ0v) is 19.7. The van der Waals surface area contributed by atoms with Crippen molar-refractivity contribution in [2.75, 3.05) is 24.5 Å². The SMILES string of the molecule is CC(C)(C)/C=C/[C@@H](NC(=O)C1CN(c2ccncc2)CCN1C(=O)OC(C)(C)C)C(=O)O. The Morgan fingerprint density at radius 2 is 1.78 bits per heavy atom. The number of allylic oxidation sites excluding steroid dienone is 1. The van der Waals surface area contributed by atoms with Crippen molar-refractivity contribution >= 4 is 23.7 Å². The van der Waals surface area contributed by atoms with Crippen LogP contribution in [0.4, 0.5) is 10.5 Å². The third-order valence-corrected chi connectivity index (χ3v) is 4.69. The van der Waals surface area contributed by atoms with Crippen molar-refractivity contribution in [3.8, 4) is 0 Å². The summed E-state index contributed by atoms with van der Waals surface area (Å²) in [6.45, 7) is 12.0. The van der Waals surface area contributed by atoms with Gasteiger partial charge >= 0.3 is 12.1 Å². The topological polar surface area (TPSA) is 112 Å². The van der Waals surface area contributed by atoms with Crippen LogP contribution in [0.5, 0.6) is 0 Å². The van der Waals surface area contributed by atoms with Crippen LogP contribution in [0.15, 0.2) is 36.7 Å². The van der Waals surface area contributed by atoms with Crippen molar-refractivity contribution in [1.29, 1.82) is 0 Å². The predicted molar refractivity (Wildman–Crippen MR) is 121 cm³/mol. The largest absolute Gasteiger partial charge is 0.479 e. The van der Waals surface area contributed by atoms with E-state index < -0.39 is 35.7 Å². The number of carboxylic acid groups (broad SMARTS) is 1. The fourth-order valence-corrected chi connectivity index (χ4v) is 3.16. The third kappa shape index (κ3) is 7.55. The Kier molecular flexibility index (Phi) is 7.87. The second-order valence-corrected chi connectivity index (χ2v) is 9.89. The minimum Gasteiger partial charge on any atom is -0.479 e. The molecular formula is C23H34N4O5. The summed E-state index contributed by atoms with van der Waals surface area (Å²) in [5, 5.41) is 12.2. The quantitative estimate of drug-likeness (QED) is 0.669. The molecule has 32 heavy (non-hydrogen) atoms. The maximum atomic E-state index is 13.2. The summed E-state index contributed by atoms with van der Waals surface area (Å²) in [6.07, 6.45) is 5.90. The van der Waals surface area contributed by atoms with Gasteiger partial charge in [-0.1, -0.05) is 32.9 Å². The van der Waals surface area contributed by atoms with E-state index in [0.29, 0.717) is 6.54 Å². The highest BCUT2D eigenvalue weighted by molar-refractivity contribution is 5.91. The Morgan fingerprint density at radius 3 is 2.31 bits per heavy atom. The molecule has 1 aromatic rings. The Labute approximate surface area is 189 Å². The summed E-state index contributed by atoms with van der Waals surface area (Å²) in [5.41, 5.74) is -0.104. The van der Waals surface area contributed by atoms with E-state index >= 15 is 0 Å². The summed E-state index contributed by atoms with van der Waals surface area (Å²) >= 11 is 0. The van der Waals surface area contributed by atoms with Crippen LogP contribution in [-0.2, 0) is 14.3 Å². The Balaban J connectivity index is 2.27. The summed E-state index contributed by atoms with van der Waals surface area (Å²) in [5.74, 6) is -1.73. The molecule has 2 heterocycles. The Hall–Kier alpha value is -3.10. The van der Waals surface area contributed by atoms with E-state index in [-0.39, 0.29) is 18.5 Å². The number of anilines is 1. The van der Waals surface area contributed by atoms with E-state index in [1.165, 1.54) is 11.0 Å². The van der Waals surface area contributed by atoms with E-state index in [2.05, 4.69) is 10.3 Å². The van der Waals surface area contributed by atoms with Crippen molar-refractivity contribution in [2.24, 2.45) is 5.41 Å². The van der Waals surface area contributed by atoms with E-state index in [1.54, 1.807) is 39.2 Å². The number of nitrogens with zero attached hydrogens (tertiary/aromatic N) is 3. The Morgan fingerprint density at radius 1 is 1.16 bits per heavy atom. The summed E-state index contributed by atoms with van der Waals surface area (Å²) in [4.78, 5) is 45.1. The molecule has 1 unspecified atom stereocenters. The van der Waals surface area contributed by atoms with Crippen molar-refractivity contribution in [2.45, 2.75) is 59.2 Å². The Bertz CT molecular complexity index is 842. The predicted octanol–water partition coefficient (Wildman–Crippen LogP) is 2.68. The van der Waals surface area contributed by atoms with Gasteiger partial charge in [-0.2, -0.15) is 0 Å². The van der Waals surface area contributed by atoms with Gasteiger partial charge in [-0.25, -0.2) is 9.59 Å². The van der Waals surface area contributed by atoms with Crippen LogP contribution in [0.3, 0.4) is 0 Å². The monoisotopic (exact) mass is 446 g/mol. The average molecular weight is 447 g/mol. The zero-order valence-electron chi connectivity index (χ0n) is 19.7. The van der Waals surface area contributed by atoms with E-state index in [0.717, 1.165) is 5.69 Å². The molecule has 2 rings (SSSR count). The third-order valence-electron chi connectivity index (χ3n) is 4.69. The van der Waals surface area contributed by atoms with Gasteiger partial charge in [0.25, 0.3) is 0 Å². The fourth-order valence-electron chi connectivity index (χ4n) is 3.16. The van der Waals surface area contributed by atoms with Crippen LogP contribution < -0.4 is 10.2 Å². The molecule has 0 saturated carbocycles. The first-order valence-corrected chi connectivity index (χ1v) is 10.6. The van der Waals surface area contributed by atoms with Crippen LogP contribution in [0, 0.1) is 5.41 Å². The number of nitrogens with one attached hydrogen (secondary N) is 1. The van der Waals surface area contributed by atoms with Gasteiger partial charge in [0.15, 0.2) is 0 Å². The number of amides is 2. The second kappa shape index (κ2) is 10.0. The normalized spacial score (nSPS) is 18.4. The highest BCUT2D eigenvalue weighted by Crippen LogP contribution is 2.21. The maximum absolute atomic E-state index is 13.2. The molecule has 1 fully saturated rings. The molecule has 0 aromatic carbocycles. The summed E-state index contributed by atoms with van der Waals surface area (Å²) in [6, 6.07) is 1.52. The van der Waals surface area contributed by atoms with Gasteiger partial charge in [0, 0.05) is 37.7 Å². The molecule has 0 radical (unpaired) electrons. The number of aromatic nitrogens is 1. The molecular weight excluding hydrogens is 412 g/mol. The van der Waals surface area contributed by atoms with Gasteiger partial charge in [0.1, 0.15) is 17.7 Å². The minimum atomic E-state index is -1.21. The standard InChI is InChI=1S/C23H34N4O5/c1-22(2,3)10-7-17(20(29)30)25-19(28)18-15-26(16-8-11-24-12-9-16)13-14-27(18)21(31)32-23(4,5)6/h7-12,17-18H,13-15H2,1-6H3,(H,25,28)(H,29,30)/b10-7+/t17-,18?/m1/s1. The highest BCUT2D eigenvalue weighted by atomic mass is 16.6. The summed E-state index contributed by atoms with van der Waals surface area (Å²) in [7, 11) is 0. The van der Waals surface area contributed by atoms with Gasteiger partial charge in [0.05, 0.1) is 0 Å². The maximum Gasteiger partial charge on any atom is 0.411 e. The van der Waals surface area contributed by atoms with Crippen molar-refractivity contribution < 1.29 is 24.2 Å². The second-order valence-electron chi connectivity index (χ2n) is 9.89. The lowest BCUT2D eigenvalue weighted by molar-refractivity contribution is -0.141. The number of hydrogen-bond donors (Lipinski definition) is 2. The number of aliphatic carboxylic acids is 1. The van der Waals surface area contributed by atoms with Gasteiger partial charge in [0.2, 0.25) is 5.91 Å². The first-order valence-electron chi connectivity index (χ1n) is 10.6. The number of piperazine rings is 1. The lowest BCUT2D eigenvalue weighted by Crippen LogP contribution is -2.62. The van der Waals surface area contributed by atoms with Gasteiger partial charge in [-0.3, -0.25) is 14.7 Å².